The molecular formula is C18H20N4O2. The van der Waals surface area contributed by atoms with Crippen LogP contribution in [-0.2, 0) is 11.8 Å². The highest BCUT2D eigenvalue weighted by Crippen LogP contribution is 2.29. The highest BCUT2D eigenvalue weighted by molar-refractivity contribution is 5.94. The van der Waals surface area contributed by atoms with Gasteiger partial charge in [0, 0.05) is 12.2 Å². The van der Waals surface area contributed by atoms with Gasteiger partial charge in [0.25, 0.3) is 11.8 Å². The number of carbonyl (C=O) groups is 1. The standard InChI is InChI=1S/C18H20N4O2/c1-18(2,3)10-6-7-13-12(9-10)21-17(24-13)15-20-11-5-4-8-19-16(23)14(11)22-15/h6-7,9H,4-5,8H2,1-3H3,(H,19,23)(H,20,22). The van der Waals surface area contributed by atoms with Crippen LogP contribution in [-0.4, -0.2) is 27.4 Å². The molecule has 1 aromatic carbocycles. The monoisotopic (exact) mass is 324 g/mol. The summed E-state index contributed by atoms with van der Waals surface area (Å²) in [4.78, 5) is 24.2. The fourth-order valence-electron chi connectivity index (χ4n) is 2.93. The third-order valence-corrected chi connectivity index (χ3v) is 4.34. The maximum atomic E-state index is 12.0. The minimum absolute atomic E-state index is 0.0490. The van der Waals surface area contributed by atoms with Crippen molar-refractivity contribution in [1.82, 2.24) is 20.3 Å². The number of nitrogens with one attached hydrogen (secondary N) is 2. The largest absolute Gasteiger partial charge is 0.434 e. The summed E-state index contributed by atoms with van der Waals surface area (Å²) >= 11 is 0. The second-order valence-electron chi connectivity index (χ2n) is 7.22. The first-order valence-corrected chi connectivity index (χ1v) is 8.20. The Balaban J connectivity index is 1.77. The summed E-state index contributed by atoms with van der Waals surface area (Å²) in [5.74, 6) is 0.777. The molecule has 2 aromatic heterocycles. The first-order chi connectivity index (χ1) is 11.4. The Morgan fingerprint density at radius 3 is 2.83 bits per heavy atom. The lowest BCUT2D eigenvalue weighted by molar-refractivity contribution is 0.0951. The Labute approximate surface area is 139 Å². The van der Waals surface area contributed by atoms with Crippen LogP contribution in [0.5, 0.6) is 0 Å². The number of H-pyrrole nitrogens is 1. The van der Waals surface area contributed by atoms with Gasteiger partial charge in [-0.1, -0.05) is 26.8 Å². The van der Waals surface area contributed by atoms with Crippen LogP contribution in [0.2, 0.25) is 0 Å². The van der Waals surface area contributed by atoms with Gasteiger partial charge in [-0.2, -0.15) is 0 Å². The van der Waals surface area contributed by atoms with Gasteiger partial charge in [-0.25, -0.2) is 9.97 Å². The number of benzene rings is 1. The quantitative estimate of drug-likeness (QED) is 0.720. The lowest BCUT2D eigenvalue weighted by atomic mass is 9.87. The Bertz CT molecular complexity index is 930. The van der Waals surface area contributed by atoms with Gasteiger partial charge in [0.05, 0.1) is 0 Å². The van der Waals surface area contributed by atoms with Crippen LogP contribution in [0, 0.1) is 0 Å². The average Bonchev–Trinajstić information content (AvgIpc) is 3.09. The van der Waals surface area contributed by atoms with Crippen molar-refractivity contribution >= 4 is 17.0 Å². The molecule has 0 aliphatic carbocycles. The van der Waals surface area contributed by atoms with Crippen molar-refractivity contribution in [2.45, 2.75) is 39.0 Å². The summed E-state index contributed by atoms with van der Waals surface area (Å²) in [7, 11) is 0. The minimum atomic E-state index is -0.142. The summed E-state index contributed by atoms with van der Waals surface area (Å²) in [5.41, 5.74) is 4.05. The number of aromatic amines is 1. The van der Waals surface area contributed by atoms with E-state index in [-0.39, 0.29) is 11.3 Å². The van der Waals surface area contributed by atoms with Crippen LogP contribution in [0.4, 0.5) is 0 Å². The highest BCUT2D eigenvalue weighted by Gasteiger charge is 2.23. The van der Waals surface area contributed by atoms with Crippen molar-refractivity contribution in [3.05, 3.63) is 35.2 Å². The number of carbonyl (C=O) groups excluding carboxylic acids is 1. The van der Waals surface area contributed by atoms with Gasteiger partial charge in [-0.05, 0) is 36.0 Å². The molecule has 3 heterocycles. The molecule has 1 amide bonds. The number of nitrogens with zero attached hydrogens (tertiary/aromatic N) is 2. The second-order valence-corrected chi connectivity index (χ2v) is 7.22. The number of aromatic nitrogens is 3. The molecule has 1 aliphatic rings. The molecule has 0 radical (unpaired) electrons. The molecule has 1 aliphatic heterocycles. The Kier molecular flexibility index (Phi) is 3.23. The summed E-state index contributed by atoms with van der Waals surface area (Å²) in [5, 5.41) is 2.84. The lowest BCUT2D eigenvalue weighted by Gasteiger charge is -2.18. The molecule has 0 saturated carbocycles. The predicted molar refractivity (Wildman–Crippen MR) is 90.9 cm³/mol. The molecular weight excluding hydrogens is 304 g/mol. The van der Waals surface area contributed by atoms with Crippen LogP contribution >= 0.6 is 0 Å². The van der Waals surface area contributed by atoms with Crippen LogP contribution < -0.4 is 5.32 Å². The number of hydrogen-bond acceptors (Lipinski definition) is 4. The van der Waals surface area contributed by atoms with Crippen LogP contribution in [0.3, 0.4) is 0 Å². The SMILES string of the molecule is CC(C)(C)c1ccc2oc(-c3nc4c([nH]3)CCCNC4=O)nc2c1. The number of rotatable bonds is 1. The van der Waals surface area contributed by atoms with E-state index in [9.17, 15) is 4.79 Å². The van der Waals surface area contributed by atoms with Crippen molar-refractivity contribution < 1.29 is 9.21 Å². The van der Waals surface area contributed by atoms with E-state index >= 15 is 0 Å². The molecule has 0 atom stereocenters. The van der Waals surface area contributed by atoms with E-state index < -0.39 is 0 Å². The lowest BCUT2D eigenvalue weighted by Crippen LogP contribution is -2.23. The zero-order valence-corrected chi connectivity index (χ0v) is 14.1. The second kappa shape index (κ2) is 5.19. The molecule has 2 N–H and O–H groups in total. The van der Waals surface area contributed by atoms with E-state index in [0.717, 1.165) is 24.1 Å². The smallest absolute Gasteiger partial charge is 0.271 e. The van der Waals surface area contributed by atoms with E-state index in [4.69, 9.17) is 4.42 Å². The molecule has 0 fully saturated rings. The molecule has 124 valence electrons. The molecule has 3 aromatic rings. The highest BCUT2D eigenvalue weighted by atomic mass is 16.3. The third-order valence-electron chi connectivity index (χ3n) is 4.34. The summed E-state index contributed by atoms with van der Waals surface area (Å²) in [6.45, 7) is 7.17. The van der Waals surface area contributed by atoms with E-state index in [0.29, 0.717) is 29.5 Å². The van der Waals surface area contributed by atoms with E-state index in [2.05, 4.69) is 47.1 Å². The summed E-state index contributed by atoms with van der Waals surface area (Å²) < 4.78 is 5.83. The van der Waals surface area contributed by atoms with Crippen LogP contribution in [0.1, 0.15) is 48.9 Å². The fraction of sp³-hybridized carbons (Fsp3) is 0.389. The fourth-order valence-corrected chi connectivity index (χ4v) is 2.93. The molecule has 0 unspecified atom stereocenters. The van der Waals surface area contributed by atoms with Gasteiger partial charge in [-0.15, -0.1) is 0 Å². The van der Waals surface area contributed by atoms with Gasteiger partial charge in [0.15, 0.2) is 11.4 Å². The molecule has 24 heavy (non-hydrogen) atoms. The minimum Gasteiger partial charge on any atom is -0.434 e. The Morgan fingerprint density at radius 1 is 1.21 bits per heavy atom. The maximum Gasteiger partial charge on any atom is 0.271 e. The zero-order valence-electron chi connectivity index (χ0n) is 14.1. The maximum absolute atomic E-state index is 12.0. The van der Waals surface area contributed by atoms with Gasteiger partial charge in [0.1, 0.15) is 11.2 Å². The topological polar surface area (TPSA) is 83.8 Å². The van der Waals surface area contributed by atoms with Gasteiger partial charge in [-0.3, -0.25) is 4.79 Å². The van der Waals surface area contributed by atoms with Crippen molar-refractivity contribution in [2.75, 3.05) is 6.54 Å². The Hall–Kier alpha value is -2.63. The first-order valence-electron chi connectivity index (χ1n) is 8.20. The summed E-state index contributed by atoms with van der Waals surface area (Å²) in [6.07, 6.45) is 1.68. The zero-order chi connectivity index (χ0) is 16.9. The van der Waals surface area contributed by atoms with Crippen molar-refractivity contribution in [3.8, 4) is 11.7 Å². The number of hydrogen-bond donors (Lipinski definition) is 2. The number of imidazole rings is 1. The molecule has 6 heteroatoms. The van der Waals surface area contributed by atoms with Gasteiger partial charge in [0.2, 0.25) is 0 Å². The molecule has 0 saturated heterocycles. The van der Waals surface area contributed by atoms with Crippen LogP contribution in [0.25, 0.3) is 22.8 Å². The third kappa shape index (κ3) is 2.48. The van der Waals surface area contributed by atoms with Gasteiger partial charge >= 0.3 is 0 Å². The van der Waals surface area contributed by atoms with Crippen molar-refractivity contribution in [1.29, 1.82) is 0 Å². The molecule has 4 rings (SSSR count). The number of amides is 1. The van der Waals surface area contributed by atoms with Gasteiger partial charge < -0.3 is 14.7 Å². The molecule has 0 spiro atoms. The number of aryl methyl sites for hydroxylation is 1. The first kappa shape index (κ1) is 14.9. The van der Waals surface area contributed by atoms with Crippen molar-refractivity contribution in [2.24, 2.45) is 0 Å². The average molecular weight is 324 g/mol. The predicted octanol–water partition coefficient (Wildman–Crippen LogP) is 3.19. The van der Waals surface area contributed by atoms with E-state index in [1.807, 2.05) is 12.1 Å². The number of fused-ring (bicyclic) bond motifs is 2. The Morgan fingerprint density at radius 2 is 2.04 bits per heavy atom. The number of oxazole rings is 1. The normalized spacial score (nSPS) is 15.2. The van der Waals surface area contributed by atoms with E-state index in [1.54, 1.807) is 0 Å². The van der Waals surface area contributed by atoms with E-state index in [1.165, 1.54) is 5.56 Å². The van der Waals surface area contributed by atoms with Crippen molar-refractivity contribution in [3.63, 3.8) is 0 Å². The summed E-state index contributed by atoms with van der Waals surface area (Å²) in [6, 6.07) is 6.04. The van der Waals surface area contributed by atoms with Crippen LogP contribution in [0.15, 0.2) is 22.6 Å². The molecule has 0 bridgehead atoms. The molecule has 6 nitrogen and oxygen atoms in total.